The lowest BCUT2D eigenvalue weighted by Crippen LogP contribution is -1.97. The second-order valence-corrected chi connectivity index (χ2v) is 5.08. The highest BCUT2D eigenvalue weighted by Crippen LogP contribution is 2.39. The molecule has 0 bridgehead atoms. The van der Waals surface area contributed by atoms with E-state index in [4.69, 9.17) is 10.8 Å². The van der Waals surface area contributed by atoms with Gasteiger partial charge in [0, 0.05) is 4.88 Å². The third-order valence-corrected chi connectivity index (χ3v) is 4.15. The third kappa shape index (κ3) is 1.97. The number of rotatable bonds is 2. The smallest absolute Gasteiger partial charge is 0.348 e. The summed E-state index contributed by atoms with van der Waals surface area (Å²) < 4.78 is 13.1. The summed E-state index contributed by atoms with van der Waals surface area (Å²) in [5, 5.41) is 9.03. The first-order valence-electron chi connectivity index (χ1n) is 5.30. The van der Waals surface area contributed by atoms with E-state index >= 15 is 0 Å². The van der Waals surface area contributed by atoms with E-state index in [1.54, 1.807) is 19.9 Å². The van der Waals surface area contributed by atoms with Gasteiger partial charge in [-0.2, -0.15) is 0 Å². The largest absolute Gasteiger partial charge is 0.477 e. The monoisotopic (exact) mass is 265 g/mol. The number of benzene rings is 1. The van der Waals surface area contributed by atoms with Gasteiger partial charge in [-0.1, -0.05) is 6.07 Å². The molecule has 0 aliphatic rings. The van der Waals surface area contributed by atoms with Crippen LogP contribution < -0.4 is 5.73 Å². The van der Waals surface area contributed by atoms with Crippen LogP contribution in [0.15, 0.2) is 18.2 Å². The molecule has 18 heavy (non-hydrogen) atoms. The molecule has 5 heteroatoms. The number of hydrogen-bond donors (Lipinski definition) is 2. The van der Waals surface area contributed by atoms with Crippen molar-refractivity contribution in [3.05, 3.63) is 40.0 Å². The molecule has 0 unspecified atom stereocenters. The van der Waals surface area contributed by atoms with Crippen molar-refractivity contribution in [3.8, 4) is 10.4 Å². The molecule has 0 aliphatic heterocycles. The summed E-state index contributed by atoms with van der Waals surface area (Å²) in [4.78, 5) is 11.9. The SMILES string of the molecule is Cc1cc(F)ccc1-c1sc(C(=O)O)c(N)c1C. The number of anilines is 1. The third-order valence-electron chi connectivity index (χ3n) is 2.82. The molecule has 1 heterocycles. The van der Waals surface area contributed by atoms with Crippen molar-refractivity contribution in [2.24, 2.45) is 0 Å². The minimum Gasteiger partial charge on any atom is -0.477 e. The van der Waals surface area contributed by atoms with Crippen LogP contribution in [0.3, 0.4) is 0 Å². The number of carbonyl (C=O) groups is 1. The Bertz CT molecular complexity index is 634. The molecule has 0 radical (unpaired) electrons. The van der Waals surface area contributed by atoms with Crippen LogP contribution in [0.1, 0.15) is 20.8 Å². The molecule has 0 spiro atoms. The number of nitrogens with two attached hydrogens (primary N) is 1. The Morgan fingerprint density at radius 2 is 2.06 bits per heavy atom. The maximum atomic E-state index is 13.1. The highest BCUT2D eigenvalue weighted by Gasteiger charge is 2.19. The Kier molecular flexibility index (Phi) is 3.09. The molecule has 3 nitrogen and oxygen atoms in total. The molecule has 3 N–H and O–H groups in total. The van der Waals surface area contributed by atoms with Crippen LogP contribution in [0.2, 0.25) is 0 Å². The molecule has 2 rings (SSSR count). The molecule has 0 saturated carbocycles. The van der Waals surface area contributed by atoms with Crippen molar-refractivity contribution in [3.63, 3.8) is 0 Å². The van der Waals surface area contributed by atoms with E-state index in [9.17, 15) is 9.18 Å². The number of aromatic carboxylic acids is 1. The molecule has 2 aromatic rings. The molecule has 0 aliphatic carbocycles. The summed E-state index contributed by atoms with van der Waals surface area (Å²) in [6.07, 6.45) is 0. The van der Waals surface area contributed by atoms with Gasteiger partial charge in [0.25, 0.3) is 0 Å². The summed E-state index contributed by atoms with van der Waals surface area (Å²) in [6.45, 7) is 3.56. The number of aryl methyl sites for hydroxylation is 1. The van der Waals surface area contributed by atoms with E-state index in [0.29, 0.717) is 0 Å². The van der Waals surface area contributed by atoms with Crippen molar-refractivity contribution in [2.75, 3.05) is 5.73 Å². The molecular weight excluding hydrogens is 253 g/mol. The van der Waals surface area contributed by atoms with Gasteiger partial charge in [0.05, 0.1) is 5.69 Å². The second-order valence-electron chi connectivity index (χ2n) is 4.06. The highest BCUT2D eigenvalue weighted by molar-refractivity contribution is 7.18. The minimum absolute atomic E-state index is 0.131. The molecule has 0 saturated heterocycles. The maximum absolute atomic E-state index is 13.1. The van der Waals surface area contributed by atoms with E-state index in [1.807, 2.05) is 0 Å². The fourth-order valence-corrected chi connectivity index (χ4v) is 2.98. The molecule has 0 fully saturated rings. The molecule has 1 aromatic carbocycles. The van der Waals surface area contributed by atoms with E-state index < -0.39 is 5.97 Å². The Labute approximate surface area is 108 Å². The average molecular weight is 265 g/mol. The quantitative estimate of drug-likeness (QED) is 0.874. The Morgan fingerprint density at radius 1 is 1.39 bits per heavy atom. The second kappa shape index (κ2) is 4.42. The van der Waals surface area contributed by atoms with Gasteiger partial charge >= 0.3 is 5.97 Å². The van der Waals surface area contributed by atoms with Crippen molar-refractivity contribution in [2.45, 2.75) is 13.8 Å². The van der Waals surface area contributed by atoms with Crippen LogP contribution in [-0.2, 0) is 0 Å². The molecular formula is C13H12FNO2S. The first-order valence-corrected chi connectivity index (χ1v) is 6.12. The van der Waals surface area contributed by atoms with Crippen LogP contribution in [0, 0.1) is 19.7 Å². The van der Waals surface area contributed by atoms with E-state index in [2.05, 4.69) is 0 Å². The average Bonchev–Trinajstić information content (AvgIpc) is 2.57. The van der Waals surface area contributed by atoms with E-state index in [0.717, 1.165) is 32.9 Å². The van der Waals surface area contributed by atoms with Gasteiger partial charge in [-0.05, 0) is 42.7 Å². The Balaban J connectivity index is 2.64. The zero-order valence-corrected chi connectivity index (χ0v) is 10.8. The van der Waals surface area contributed by atoms with Crippen molar-refractivity contribution < 1.29 is 14.3 Å². The molecule has 0 atom stereocenters. The van der Waals surface area contributed by atoms with E-state index in [1.165, 1.54) is 12.1 Å². The van der Waals surface area contributed by atoms with Gasteiger partial charge in [0.2, 0.25) is 0 Å². The van der Waals surface area contributed by atoms with Gasteiger partial charge in [-0.15, -0.1) is 11.3 Å². The lowest BCUT2D eigenvalue weighted by atomic mass is 10.0. The van der Waals surface area contributed by atoms with Crippen molar-refractivity contribution >= 4 is 23.0 Å². The lowest BCUT2D eigenvalue weighted by molar-refractivity contribution is 0.0703. The number of carboxylic acids is 1. The lowest BCUT2D eigenvalue weighted by Gasteiger charge is -2.04. The normalized spacial score (nSPS) is 10.6. The zero-order chi connectivity index (χ0) is 13.4. The number of carboxylic acid groups (broad SMARTS) is 1. The highest BCUT2D eigenvalue weighted by atomic mass is 32.1. The summed E-state index contributed by atoms with van der Waals surface area (Å²) in [5.74, 6) is -1.34. The van der Waals surface area contributed by atoms with Crippen LogP contribution in [0.4, 0.5) is 10.1 Å². The van der Waals surface area contributed by atoms with Crippen LogP contribution in [0.25, 0.3) is 10.4 Å². The molecule has 94 valence electrons. The minimum atomic E-state index is -1.04. The predicted octanol–water partition coefficient (Wildman–Crippen LogP) is 3.45. The summed E-state index contributed by atoms with van der Waals surface area (Å²) in [5.41, 5.74) is 8.37. The first-order chi connectivity index (χ1) is 8.41. The fraction of sp³-hybridized carbons (Fsp3) is 0.154. The Hall–Kier alpha value is -1.88. The van der Waals surface area contributed by atoms with Gasteiger partial charge in [-0.25, -0.2) is 9.18 Å². The van der Waals surface area contributed by atoms with Crippen LogP contribution >= 0.6 is 11.3 Å². The van der Waals surface area contributed by atoms with Gasteiger partial charge in [0.1, 0.15) is 10.7 Å². The molecule has 1 aromatic heterocycles. The standard InChI is InChI=1S/C13H12FNO2S/c1-6-5-8(14)3-4-9(6)11-7(2)10(15)12(18-11)13(16)17/h3-5H,15H2,1-2H3,(H,16,17). The van der Waals surface area contributed by atoms with Gasteiger partial charge in [0.15, 0.2) is 0 Å². The summed E-state index contributed by atoms with van der Waals surface area (Å²) in [7, 11) is 0. The van der Waals surface area contributed by atoms with E-state index in [-0.39, 0.29) is 16.4 Å². The van der Waals surface area contributed by atoms with Crippen molar-refractivity contribution in [1.82, 2.24) is 0 Å². The Morgan fingerprint density at radius 3 is 2.56 bits per heavy atom. The zero-order valence-electron chi connectivity index (χ0n) is 9.95. The number of hydrogen-bond acceptors (Lipinski definition) is 3. The van der Waals surface area contributed by atoms with Crippen LogP contribution in [-0.4, -0.2) is 11.1 Å². The topological polar surface area (TPSA) is 63.3 Å². The summed E-state index contributed by atoms with van der Waals surface area (Å²) >= 11 is 1.12. The molecule has 0 amide bonds. The summed E-state index contributed by atoms with van der Waals surface area (Å²) in [6, 6.07) is 4.43. The van der Waals surface area contributed by atoms with Crippen molar-refractivity contribution in [1.29, 1.82) is 0 Å². The number of nitrogen functional groups attached to an aromatic ring is 1. The van der Waals surface area contributed by atoms with Gasteiger partial charge in [-0.3, -0.25) is 0 Å². The number of thiophene rings is 1. The number of halogens is 1. The predicted molar refractivity (Wildman–Crippen MR) is 70.6 cm³/mol. The maximum Gasteiger partial charge on any atom is 0.348 e. The van der Waals surface area contributed by atoms with Crippen LogP contribution in [0.5, 0.6) is 0 Å². The fourth-order valence-electron chi connectivity index (χ4n) is 1.82. The van der Waals surface area contributed by atoms with Gasteiger partial charge < -0.3 is 10.8 Å². The first kappa shape index (κ1) is 12.6.